The van der Waals surface area contributed by atoms with Gasteiger partial charge in [-0.05, 0) is 23.1 Å². The highest BCUT2D eigenvalue weighted by Gasteiger charge is 2.30. The molecule has 2 aromatic rings. The smallest absolute Gasteiger partial charge is 0.422 e. The first kappa shape index (κ1) is 24.4. The highest BCUT2D eigenvalue weighted by atomic mass is 19.4. The van der Waals surface area contributed by atoms with Gasteiger partial charge in [0.2, 0.25) is 0 Å². The first-order chi connectivity index (χ1) is 14.1. The second kappa shape index (κ2) is 9.07. The van der Waals surface area contributed by atoms with Gasteiger partial charge >= 0.3 is 12.4 Å². The fourth-order valence-electron chi connectivity index (χ4n) is 2.47. The number of alkyl halides is 6. The molecule has 0 aliphatic carbocycles. The van der Waals surface area contributed by atoms with Gasteiger partial charge in [-0.3, -0.25) is 4.79 Å². The Labute approximate surface area is 175 Å². The molecule has 0 unspecified atom stereocenters. The van der Waals surface area contributed by atoms with Gasteiger partial charge < -0.3 is 14.8 Å². The van der Waals surface area contributed by atoms with Gasteiger partial charge in [0.1, 0.15) is 11.5 Å². The van der Waals surface area contributed by atoms with Crippen LogP contribution in [0.2, 0.25) is 0 Å². The Morgan fingerprint density at radius 2 is 1.26 bits per heavy atom. The Morgan fingerprint density at radius 1 is 0.806 bits per heavy atom. The fourth-order valence-corrected chi connectivity index (χ4v) is 2.47. The van der Waals surface area contributed by atoms with E-state index < -0.39 is 43.0 Å². The van der Waals surface area contributed by atoms with Crippen LogP contribution < -0.4 is 14.8 Å². The molecule has 0 saturated heterocycles. The van der Waals surface area contributed by atoms with Crippen LogP contribution in [0.5, 0.6) is 11.5 Å². The van der Waals surface area contributed by atoms with Crippen LogP contribution in [-0.4, -0.2) is 31.5 Å². The molecule has 31 heavy (non-hydrogen) atoms. The lowest BCUT2D eigenvalue weighted by Gasteiger charge is -2.19. The minimum atomic E-state index is -4.65. The molecule has 0 spiro atoms. The third kappa shape index (κ3) is 8.39. The van der Waals surface area contributed by atoms with Crippen LogP contribution in [0.15, 0.2) is 42.5 Å². The lowest BCUT2D eigenvalue weighted by molar-refractivity contribution is -0.153. The van der Waals surface area contributed by atoms with Crippen molar-refractivity contribution in [1.82, 2.24) is 0 Å². The molecule has 0 aliphatic heterocycles. The summed E-state index contributed by atoms with van der Waals surface area (Å²) in [7, 11) is 0. The molecule has 0 radical (unpaired) electrons. The van der Waals surface area contributed by atoms with Gasteiger partial charge in [-0.2, -0.15) is 26.3 Å². The SMILES string of the molecule is CC(C)(C)c1ccc(C(=O)Nc2cc(OCC(F)(F)F)cc(OCC(F)(F)F)c2)cc1. The molecular formula is C21H21F6NO3. The molecular weight excluding hydrogens is 428 g/mol. The van der Waals surface area contributed by atoms with Crippen molar-refractivity contribution in [1.29, 1.82) is 0 Å². The zero-order valence-corrected chi connectivity index (χ0v) is 16.9. The number of hydrogen-bond donors (Lipinski definition) is 1. The third-order valence-electron chi connectivity index (χ3n) is 3.96. The molecule has 0 fully saturated rings. The average Bonchev–Trinajstić information content (AvgIpc) is 2.63. The van der Waals surface area contributed by atoms with Crippen molar-refractivity contribution in [2.24, 2.45) is 0 Å². The Kier molecular flexibility index (Phi) is 7.13. The van der Waals surface area contributed by atoms with Gasteiger partial charge in [0.15, 0.2) is 13.2 Å². The lowest BCUT2D eigenvalue weighted by atomic mass is 9.87. The maximum atomic E-state index is 12.5. The number of carbonyl (C=O) groups excluding carboxylic acids is 1. The second-order valence-electron chi connectivity index (χ2n) is 7.78. The van der Waals surface area contributed by atoms with Gasteiger partial charge in [-0.15, -0.1) is 0 Å². The summed E-state index contributed by atoms with van der Waals surface area (Å²) < 4.78 is 83.7. The number of amides is 1. The summed E-state index contributed by atoms with van der Waals surface area (Å²) in [6.07, 6.45) is -9.30. The molecule has 0 bridgehead atoms. The van der Waals surface area contributed by atoms with E-state index >= 15 is 0 Å². The summed E-state index contributed by atoms with van der Waals surface area (Å²) in [6.45, 7) is 2.68. The zero-order valence-electron chi connectivity index (χ0n) is 16.9. The van der Waals surface area contributed by atoms with E-state index in [-0.39, 0.29) is 16.7 Å². The lowest BCUT2D eigenvalue weighted by Crippen LogP contribution is -2.20. The maximum absolute atomic E-state index is 12.5. The van der Waals surface area contributed by atoms with E-state index in [1.54, 1.807) is 24.3 Å². The molecule has 1 amide bonds. The predicted octanol–water partition coefficient (Wildman–Crippen LogP) is 6.12. The maximum Gasteiger partial charge on any atom is 0.422 e. The second-order valence-corrected chi connectivity index (χ2v) is 7.78. The van der Waals surface area contributed by atoms with Crippen molar-refractivity contribution in [2.45, 2.75) is 38.5 Å². The van der Waals surface area contributed by atoms with Crippen molar-refractivity contribution in [3.8, 4) is 11.5 Å². The minimum Gasteiger partial charge on any atom is -0.484 e. The number of anilines is 1. The van der Waals surface area contributed by atoms with E-state index in [0.717, 1.165) is 23.8 Å². The van der Waals surface area contributed by atoms with Crippen molar-refractivity contribution in [3.05, 3.63) is 53.6 Å². The summed E-state index contributed by atoms with van der Waals surface area (Å²) in [4.78, 5) is 12.5. The molecule has 10 heteroatoms. The number of halogens is 6. The van der Waals surface area contributed by atoms with E-state index in [1.807, 2.05) is 20.8 Å². The number of nitrogens with one attached hydrogen (secondary N) is 1. The van der Waals surface area contributed by atoms with Crippen molar-refractivity contribution < 1.29 is 40.6 Å². The monoisotopic (exact) mass is 449 g/mol. The Balaban J connectivity index is 2.23. The van der Waals surface area contributed by atoms with E-state index in [9.17, 15) is 31.1 Å². The molecule has 0 aromatic heterocycles. The topological polar surface area (TPSA) is 47.6 Å². The summed E-state index contributed by atoms with van der Waals surface area (Å²) >= 11 is 0. The zero-order chi connectivity index (χ0) is 23.4. The highest BCUT2D eigenvalue weighted by molar-refractivity contribution is 6.04. The molecule has 170 valence electrons. The average molecular weight is 449 g/mol. The van der Waals surface area contributed by atoms with E-state index in [2.05, 4.69) is 14.8 Å². The van der Waals surface area contributed by atoms with Gasteiger partial charge in [0.05, 0.1) is 0 Å². The molecule has 0 heterocycles. The van der Waals surface area contributed by atoms with Crippen molar-refractivity contribution in [3.63, 3.8) is 0 Å². The van der Waals surface area contributed by atoms with E-state index in [4.69, 9.17) is 0 Å². The van der Waals surface area contributed by atoms with Crippen molar-refractivity contribution in [2.75, 3.05) is 18.5 Å². The molecule has 0 saturated carbocycles. The number of ether oxygens (including phenoxy) is 2. The summed E-state index contributed by atoms with van der Waals surface area (Å²) in [6, 6.07) is 9.67. The molecule has 0 atom stereocenters. The first-order valence-electron chi connectivity index (χ1n) is 9.08. The van der Waals surface area contributed by atoms with Crippen LogP contribution in [-0.2, 0) is 5.41 Å². The largest absolute Gasteiger partial charge is 0.484 e. The quantitative estimate of drug-likeness (QED) is 0.541. The molecule has 1 N–H and O–H groups in total. The fraction of sp³-hybridized carbons (Fsp3) is 0.381. The molecule has 4 nitrogen and oxygen atoms in total. The van der Waals surface area contributed by atoms with Crippen LogP contribution in [0, 0.1) is 0 Å². The normalized spacial score (nSPS) is 12.4. The van der Waals surface area contributed by atoms with Crippen LogP contribution in [0.1, 0.15) is 36.7 Å². The van der Waals surface area contributed by atoms with Crippen molar-refractivity contribution >= 4 is 11.6 Å². The number of carbonyl (C=O) groups is 1. The van der Waals surface area contributed by atoms with E-state index in [1.165, 1.54) is 0 Å². The molecule has 2 aromatic carbocycles. The van der Waals surface area contributed by atoms with Crippen LogP contribution in [0.3, 0.4) is 0 Å². The van der Waals surface area contributed by atoms with Gasteiger partial charge in [0, 0.05) is 29.4 Å². The summed E-state index contributed by atoms with van der Waals surface area (Å²) in [5.74, 6) is -1.42. The summed E-state index contributed by atoms with van der Waals surface area (Å²) in [5, 5.41) is 2.43. The number of hydrogen-bond acceptors (Lipinski definition) is 3. The van der Waals surface area contributed by atoms with Crippen LogP contribution in [0.4, 0.5) is 32.0 Å². The Morgan fingerprint density at radius 3 is 1.65 bits per heavy atom. The van der Waals surface area contributed by atoms with Gasteiger partial charge in [-0.25, -0.2) is 0 Å². The molecule has 2 rings (SSSR count). The minimum absolute atomic E-state index is 0.0817. The first-order valence-corrected chi connectivity index (χ1v) is 9.08. The van der Waals surface area contributed by atoms with Gasteiger partial charge in [0.25, 0.3) is 5.91 Å². The number of rotatable bonds is 6. The Bertz CT molecular complexity index is 863. The Hall–Kier alpha value is -2.91. The standard InChI is InChI=1S/C21H21F6NO3/c1-19(2,3)14-6-4-13(5-7-14)18(29)28-15-8-16(30-11-20(22,23)24)10-17(9-15)31-12-21(25,26)27/h4-10H,11-12H2,1-3H3,(H,28,29). The van der Waals surface area contributed by atoms with Crippen LogP contribution in [0.25, 0.3) is 0 Å². The van der Waals surface area contributed by atoms with Crippen LogP contribution >= 0.6 is 0 Å². The molecule has 0 aliphatic rings. The highest BCUT2D eigenvalue weighted by Crippen LogP contribution is 2.30. The summed E-state index contributed by atoms with van der Waals surface area (Å²) in [5.41, 5.74) is 1.02. The predicted molar refractivity (Wildman–Crippen MR) is 103 cm³/mol. The number of benzene rings is 2. The van der Waals surface area contributed by atoms with E-state index in [0.29, 0.717) is 0 Å². The van der Waals surface area contributed by atoms with Gasteiger partial charge in [-0.1, -0.05) is 32.9 Å². The third-order valence-corrected chi connectivity index (χ3v) is 3.96.